The van der Waals surface area contributed by atoms with E-state index in [2.05, 4.69) is 30.4 Å². The first-order valence-electron chi connectivity index (χ1n) is 11.5. The molecule has 1 saturated heterocycles. The van der Waals surface area contributed by atoms with Crippen molar-refractivity contribution in [3.05, 3.63) is 30.9 Å². The summed E-state index contributed by atoms with van der Waals surface area (Å²) in [5.41, 5.74) is 3.46. The zero-order valence-electron chi connectivity index (χ0n) is 18.5. The molecule has 0 radical (unpaired) electrons. The van der Waals surface area contributed by atoms with Gasteiger partial charge in [-0.25, -0.2) is 0 Å². The van der Waals surface area contributed by atoms with E-state index >= 15 is 0 Å². The van der Waals surface area contributed by atoms with Gasteiger partial charge in [0, 0.05) is 48.6 Å². The Bertz CT molecular complexity index is 1320. The van der Waals surface area contributed by atoms with Gasteiger partial charge in [-0.3, -0.25) is 9.20 Å². The third-order valence-corrected chi connectivity index (χ3v) is 6.87. The van der Waals surface area contributed by atoms with Crippen LogP contribution in [0.25, 0.3) is 27.8 Å². The van der Waals surface area contributed by atoms with Crippen LogP contribution < -0.4 is 10.1 Å². The number of hydrogen-bond donors (Lipinski definition) is 2. The predicted molar refractivity (Wildman–Crippen MR) is 123 cm³/mol. The summed E-state index contributed by atoms with van der Waals surface area (Å²) in [5, 5.41) is 12.3. The third kappa shape index (κ3) is 3.55. The number of carbonyl (C=O) groups is 1. The minimum absolute atomic E-state index is 0.284. The average Bonchev–Trinajstić information content (AvgIpc) is 3.58. The Labute approximate surface area is 190 Å². The molecule has 4 aromatic heterocycles. The zero-order valence-corrected chi connectivity index (χ0v) is 18.5. The van der Waals surface area contributed by atoms with Crippen LogP contribution in [0.15, 0.2) is 30.9 Å². The van der Waals surface area contributed by atoms with E-state index in [-0.39, 0.29) is 6.04 Å². The number of anilines is 1. The molecule has 1 aliphatic carbocycles. The van der Waals surface area contributed by atoms with Crippen LogP contribution in [-0.2, 0) is 4.79 Å². The average molecular weight is 447 g/mol. The molecule has 0 atom stereocenters. The highest BCUT2D eigenvalue weighted by Crippen LogP contribution is 2.35. The topological polar surface area (TPSA) is 113 Å². The number of aromatic nitrogens is 6. The van der Waals surface area contributed by atoms with Crippen molar-refractivity contribution in [2.45, 2.75) is 50.6 Å². The maximum absolute atomic E-state index is 12.1. The van der Waals surface area contributed by atoms with Crippen molar-refractivity contribution in [3.63, 3.8) is 0 Å². The lowest BCUT2D eigenvalue weighted by atomic mass is 9.90. The molecule has 2 fully saturated rings. The Morgan fingerprint density at radius 3 is 2.85 bits per heavy atom. The molecular weight excluding hydrogens is 420 g/mol. The molecule has 10 nitrogen and oxygen atoms in total. The van der Waals surface area contributed by atoms with Gasteiger partial charge in [0.15, 0.2) is 5.65 Å². The van der Waals surface area contributed by atoms with Crippen molar-refractivity contribution in [2.24, 2.45) is 0 Å². The van der Waals surface area contributed by atoms with E-state index in [0.717, 1.165) is 66.5 Å². The minimum Gasteiger partial charge on any atom is -0.480 e. The van der Waals surface area contributed by atoms with E-state index in [1.165, 1.54) is 0 Å². The number of fused-ring (bicyclic) bond motifs is 2. The summed E-state index contributed by atoms with van der Waals surface area (Å²) in [5.74, 6) is 1.40. The summed E-state index contributed by atoms with van der Waals surface area (Å²) in [6.45, 7) is 0.915. The van der Waals surface area contributed by atoms with Crippen molar-refractivity contribution >= 4 is 28.5 Å². The van der Waals surface area contributed by atoms with Gasteiger partial charge in [-0.2, -0.15) is 9.97 Å². The molecule has 1 aliphatic heterocycles. The Kier molecular flexibility index (Phi) is 4.85. The number of aromatic amines is 1. The van der Waals surface area contributed by atoms with Crippen LogP contribution in [0.4, 0.5) is 5.95 Å². The normalized spacial score (nSPS) is 21.2. The number of hydrogen-bond acceptors (Lipinski definition) is 7. The van der Waals surface area contributed by atoms with Gasteiger partial charge in [-0.1, -0.05) is 0 Å². The summed E-state index contributed by atoms with van der Waals surface area (Å²) in [4.78, 5) is 26.8. The van der Waals surface area contributed by atoms with Gasteiger partial charge in [0.25, 0.3) is 0 Å². The third-order valence-electron chi connectivity index (χ3n) is 6.87. The molecule has 6 rings (SSSR count). The zero-order chi connectivity index (χ0) is 22.4. The number of nitrogens with one attached hydrogen (secondary N) is 2. The molecule has 1 amide bonds. The van der Waals surface area contributed by atoms with Gasteiger partial charge in [0.2, 0.25) is 17.7 Å². The number of likely N-dealkylation sites (tertiary alicyclic amines) is 1. The molecule has 0 bridgehead atoms. The maximum atomic E-state index is 12.1. The number of rotatable bonds is 5. The number of amides is 1. The van der Waals surface area contributed by atoms with E-state index in [0.29, 0.717) is 30.2 Å². The first kappa shape index (κ1) is 20.0. The Hall–Kier alpha value is -3.69. The van der Waals surface area contributed by atoms with Crippen molar-refractivity contribution < 1.29 is 9.53 Å². The standard InChI is InChI=1S/C23H26N8O2/c1-33-22-20-17(14-4-9-18-29-25-13-30(18)12-14)11-24-21(20)27-23(28-22)26-15-5-7-16(8-6-15)31-10-2-3-19(31)32/h4,9,11-13,15-16H,2-3,5-8,10H2,1H3,(H2,24,26,27,28)/t15-,16+. The SMILES string of the molecule is COc1nc(N[C@H]2CC[C@@H](N3CCCC3=O)CC2)nc2[nH]cc(-c3ccc4nncn4c3)c12. The molecule has 33 heavy (non-hydrogen) atoms. The van der Waals surface area contributed by atoms with Gasteiger partial charge < -0.3 is 19.9 Å². The maximum Gasteiger partial charge on any atom is 0.228 e. The van der Waals surface area contributed by atoms with Crippen molar-refractivity contribution in [2.75, 3.05) is 19.0 Å². The number of ether oxygens (including phenoxy) is 1. The molecule has 2 aliphatic rings. The summed E-state index contributed by atoms with van der Waals surface area (Å²) >= 11 is 0. The van der Waals surface area contributed by atoms with Crippen molar-refractivity contribution in [1.29, 1.82) is 0 Å². The van der Waals surface area contributed by atoms with Gasteiger partial charge in [-0.15, -0.1) is 10.2 Å². The fourth-order valence-corrected chi connectivity index (χ4v) is 5.20. The van der Waals surface area contributed by atoms with Crippen LogP contribution >= 0.6 is 0 Å². The van der Waals surface area contributed by atoms with E-state index in [1.54, 1.807) is 13.4 Å². The fourth-order valence-electron chi connectivity index (χ4n) is 5.20. The van der Waals surface area contributed by atoms with E-state index in [9.17, 15) is 4.79 Å². The summed E-state index contributed by atoms with van der Waals surface area (Å²) in [6, 6.07) is 4.59. The second-order valence-corrected chi connectivity index (χ2v) is 8.84. The molecular formula is C23H26N8O2. The lowest BCUT2D eigenvalue weighted by Crippen LogP contribution is -2.41. The molecule has 170 valence electrons. The summed E-state index contributed by atoms with van der Waals surface area (Å²) in [7, 11) is 1.63. The van der Waals surface area contributed by atoms with Crippen LogP contribution in [0.5, 0.6) is 5.88 Å². The second-order valence-electron chi connectivity index (χ2n) is 8.84. The van der Waals surface area contributed by atoms with Crippen LogP contribution in [0.1, 0.15) is 38.5 Å². The Morgan fingerprint density at radius 1 is 1.18 bits per heavy atom. The lowest BCUT2D eigenvalue weighted by Gasteiger charge is -2.34. The molecule has 4 aromatic rings. The van der Waals surface area contributed by atoms with Crippen LogP contribution in [0.2, 0.25) is 0 Å². The first-order chi connectivity index (χ1) is 16.2. The molecule has 10 heteroatoms. The lowest BCUT2D eigenvalue weighted by molar-refractivity contribution is -0.130. The highest BCUT2D eigenvalue weighted by Gasteiger charge is 2.31. The first-order valence-corrected chi connectivity index (χ1v) is 11.5. The fraction of sp³-hybridized carbons (Fsp3) is 0.435. The van der Waals surface area contributed by atoms with Crippen molar-refractivity contribution in [1.82, 2.24) is 34.4 Å². The van der Waals surface area contributed by atoms with Gasteiger partial charge in [0.05, 0.1) is 12.5 Å². The van der Waals surface area contributed by atoms with Crippen LogP contribution in [0.3, 0.4) is 0 Å². The summed E-state index contributed by atoms with van der Waals surface area (Å²) < 4.78 is 7.54. The quantitative estimate of drug-likeness (QED) is 0.484. The van der Waals surface area contributed by atoms with Gasteiger partial charge in [0.1, 0.15) is 12.0 Å². The molecule has 0 spiro atoms. The number of methoxy groups -OCH3 is 1. The predicted octanol–water partition coefficient (Wildman–Crippen LogP) is 3.02. The minimum atomic E-state index is 0.284. The molecule has 0 unspecified atom stereocenters. The van der Waals surface area contributed by atoms with Gasteiger partial charge >= 0.3 is 0 Å². The Morgan fingerprint density at radius 2 is 2.06 bits per heavy atom. The van der Waals surface area contributed by atoms with E-state index < -0.39 is 0 Å². The van der Waals surface area contributed by atoms with Crippen LogP contribution in [-0.4, -0.2) is 66.1 Å². The highest BCUT2D eigenvalue weighted by atomic mass is 16.5. The smallest absolute Gasteiger partial charge is 0.228 e. The van der Waals surface area contributed by atoms with Crippen molar-refractivity contribution in [3.8, 4) is 17.0 Å². The van der Waals surface area contributed by atoms with Crippen LogP contribution in [0, 0.1) is 0 Å². The molecule has 2 N–H and O–H groups in total. The highest BCUT2D eigenvalue weighted by molar-refractivity contribution is 5.97. The Balaban J connectivity index is 1.23. The number of carbonyl (C=O) groups excluding carboxylic acids is 1. The number of pyridine rings is 1. The monoisotopic (exact) mass is 446 g/mol. The molecule has 0 aromatic carbocycles. The van der Waals surface area contributed by atoms with Gasteiger partial charge in [-0.05, 0) is 44.2 Å². The largest absolute Gasteiger partial charge is 0.480 e. The molecule has 1 saturated carbocycles. The molecule has 5 heterocycles. The van der Waals surface area contributed by atoms with E-state index in [4.69, 9.17) is 9.72 Å². The number of nitrogens with zero attached hydrogens (tertiary/aromatic N) is 6. The van der Waals surface area contributed by atoms with E-state index in [1.807, 2.05) is 28.9 Å². The number of H-pyrrole nitrogens is 1. The summed E-state index contributed by atoms with van der Waals surface area (Å²) in [6.07, 6.45) is 11.3. The second kappa shape index (κ2) is 8.02.